The van der Waals surface area contributed by atoms with Gasteiger partial charge in [-0.2, -0.15) is 0 Å². The topological polar surface area (TPSA) is 101 Å². The van der Waals surface area contributed by atoms with Crippen LogP contribution in [0.1, 0.15) is 19.9 Å². The predicted molar refractivity (Wildman–Crippen MR) is 64.2 cm³/mol. The van der Waals surface area contributed by atoms with Crippen LogP contribution in [0.4, 0.5) is 0 Å². The monoisotopic (exact) mass is 273 g/mol. The maximum absolute atomic E-state index is 11.9. The predicted octanol–water partition coefficient (Wildman–Crippen LogP) is -0.111. The lowest BCUT2D eigenvalue weighted by Crippen LogP contribution is -2.33. The molecular formula is C9H15N5O3S. The average Bonchev–Trinajstić information content (AvgIpc) is 2.81. The zero-order valence-corrected chi connectivity index (χ0v) is 11.2. The molecule has 0 aliphatic carbocycles. The Kier molecular flexibility index (Phi) is 5.08. The molecule has 1 rings (SSSR count). The lowest BCUT2D eigenvalue weighted by Gasteiger charge is -2.19. The molecule has 0 aliphatic rings. The molecule has 0 bridgehead atoms. The van der Waals surface area contributed by atoms with E-state index in [-0.39, 0.29) is 11.7 Å². The number of thioether (sulfide) groups is 1. The van der Waals surface area contributed by atoms with Crippen LogP contribution in [0.25, 0.3) is 0 Å². The normalized spacial score (nSPS) is 12.2. The third kappa shape index (κ3) is 3.42. The molecule has 1 N–H and O–H groups in total. The van der Waals surface area contributed by atoms with Crippen molar-refractivity contribution in [3.63, 3.8) is 0 Å². The second-order valence-corrected chi connectivity index (χ2v) is 4.56. The van der Waals surface area contributed by atoms with Gasteiger partial charge < -0.3 is 10.0 Å². The summed E-state index contributed by atoms with van der Waals surface area (Å²) in [6.07, 6.45) is 0. The maximum Gasteiger partial charge on any atom is 0.313 e. The van der Waals surface area contributed by atoms with E-state index in [9.17, 15) is 9.59 Å². The summed E-state index contributed by atoms with van der Waals surface area (Å²) in [4.78, 5) is 24.0. The van der Waals surface area contributed by atoms with Gasteiger partial charge in [0.1, 0.15) is 6.04 Å². The van der Waals surface area contributed by atoms with Crippen LogP contribution >= 0.6 is 11.8 Å². The van der Waals surface area contributed by atoms with Crippen LogP contribution in [0.15, 0.2) is 5.16 Å². The SMILES string of the molecule is CCN(C)C(=O)C(C)n1nnnc1SCC(=O)O. The minimum Gasteiger partial charge on any atom is -0.481 e. The fourth-order valence-corrected chi connectivity index (χ4v) is 1.90. The highest BCUT2D eigenvalue weighted by Gasteiger charge is 2.23. The van der Waals surface area contributed by atoms with E-state index in [0.29, 0.717) is 11.7 Å². The number of hydrogen-bond donors (Lipinski definition) is 1. The van der Waals surface area contributed by atoms with Gasteiger partial charge in [-0.15, -0.1) is 5.10 Å². The molecule has 1 aromatic rings. The van der Waals surface area contributed by atoms with Crippen molar-refractivity contribution >= 4 is 23.6 Å². The maximum atomic E-state index is 11.9. The molecule has 18 heavy (non-hydrogen) atoms. The van der Waals surface area contributed by atoms with E-state index >= 15 is 0 Å². The Morgan fingerprint density at radius 1 is 1.56 bits per heavy atom. The van der Waals surface area contributed by atoms with Gasteiger partial charge in [0.2, 0.25) is 11.1 Å². The fraction of sp³-hybridized carbons (Fsp3) is 0.667. The number of tetrazole rings is 1. The van der Waals surface area contributed by atoms with Crippen LogP contribution < -0.4 is 0 Å². The number of carbonyl (C=O) groups is 2. The number of hydrogen-bond acceptors (Lipinski definition) is 6. The second-order valence-electron chi connectivity index (χ2n) is 3.62. The van der Waals surface area contributed by atoms with Crippen molar-refractivity contribution in [1.29, 1.82) is 0 Å². The summed E-state index contributed by atoms with van der Waals surface area (Å²) in [5.74, 6) is -1.23. The summed E-state index contributed by atoms with van der Waals surface area (Å²) in [5, 5.41) is 19.8. The quantitative estimate of drug-likeness (QED) is 0.721. The molecule has 100 valence electrons. The lowest BCUT2D eigenvalue weighted by atomic mass is 10.3. The Morgan fingerprint density at radius 3 is 2.78 bits per heavy atom. The summed E-state index contributed by atoms with van der Waals surface area (Å²) in [7, 11) is 1.69. The fourth-order valence-electron chi connectivity index (χ4n) is 1.23. The van der Waals surface area contributed by atoms with E-state index in [1.165, 1.54) is 4.68 Å². The molecule has 0 saturated carbocycles. The van der Waals surface area contributed by atoms with Crippen molar-refractivity contribution in [2.24, 2.45) is 0 Å². The first kappa shape index (κ1) is 14.4. The molecule has 0 saturated heterocycles. The van der Waals surface area contributed by atoms with Gasteiger partial charge in [0.05, 0.1) is 5.75 Å². The molecule has 1 atom stereocenters. The Morgan fingerprint density at radius 2 is 2.22 bits per heavy atom. The number of nitrogens with zero attached hydrogens (tertiary/aromatic N) is 5. The Labute approximate surface area is 108 Å². The van der Waals surface area contributed by atoms with Gasteiger partial charge in [-0.1, -0.05) is 11.8 Å². The first-order valence-electron chi connectivity index (χ1n) is 5.34. The van der Waals surface area contributed by atoms with E-state index in [1.807, 2.05) is 6.92 Å². The third-order valence-corrected chi connectivity index (χ3v) is 3.28. The zero-order chi connectivity index (χ0) is 13.7. The van der Waals surface area contributed by atoms with Gasteiger partial charge in [0, 0.05) is 13.6 Å². The van der Waals surface area contributed by atoms with Gasteiger partial charge in [-0.3, -0.25) is 9.59 Å². The molecule has 1 amide bonds. The number of carboxylic acid groups (broad SMARTS) is 1. The van der Waals surface area contributed by atoms with Crippen LogP contribution in [-0.4, -0.2) is 61.4 Å². The Balaban J connectivity index is 2.80. The van der Waals surface area contributed by atoms with Gasteiger partial charge in [0.15, 0.2) is 0 Å². The smallest absolute Gasteiger partial charge is 0.313 e. The summed E-state index contributed by atoms with van der Waals surface area (Å²) < 4.78 is 1.34. The first-order chi connectivity index (χ1) is 8.47. The Hall–Kier alpha value is -1.64. The highest BCUT2D eigenvalue weighted by molar-refractivity contribution is 7.99. The standard InChI is InChI=1S/C9H15N5O3S/c1-4-13(3)8(17)6(2)14-9(10-11-12-14)18-5-7(15)16/h6H,4-5H2,1-3H3,(H,15,16). The number of carboxylic acids is 1. The van der Waals surface area contributed by atoms with E-state index in [4.69, 9.17) is 5.11 Å². The highest BCUT2D eigenvalue weighted by Crippen LogP contribution is 2.18. The minimum atomic E-state index is -0.959. The van der Waals surface area contributed by atoms with Crippen molar-refractivity contribution in [3.8, 4) is 0 Å². The zero-order valence-electron chi connectivity index (χ0n) is 10.4. The van der Waals surface area contributed by atoms with Gasteiger partial charge in [-0.25, -0.2) is 4.68 Å². The van der Waals surface area contributed by atoms with Crippen molar-refractivity contribution in [2.75, 3.05) is 19.3 Å². The molecule has 0 aromatic carbocycles. The number of carbonyl (C=O) groups excluding carboxylic acids is 1. The molecule has 1 unspecified atom stereocenters. The molecule has 9 heteroatoms. The number of likely N-dealkylation sites (N-methyl/N-ethyl adjacent to an activating group) is 1. The van der Waals surface area contributed by atoms with Gasteiger partial charge in [-0.05, 0) is 24.3 Å². The van der Waals surface area contributed by atoms with E-state index in [1.54, 1.807) is 18.9 Å². The largest absolute Gasteiger partial charge is 0.481 e. The van der Waals surface area contributed by atoms with Crippen LogP contribution in [0.2, 0.25) is 0 Å². The van der Waals surface area contributed by atoms with Crippen LogP contribution in [0.3, 0.4) is 0 Å². The summed E-state index contributed by atoms with van der Waals surface area (Å²) in [6.45, 7) is 4.13. The second kappa shape index (κ2) is 6.34. The van der Waals surface area contributed by atoms with E-state index in [0.717, 1.165) is 11.8 Å². The summed E-state index contributed by atoms with van der Waals surface area (Å²) in [5.41, 5.74) is 0. The molecule has 0 aliphatic heterocycles. The first-order valence-corrected chi connectivity index (χ1v) is 6.33. The van der Waals surface area contributed by atoms with Crippen LogP contribution in [0, 0.1) is 0 Å². The number of aliphatic carboxylic acids is 1. The molecule has 0 radical (unpaired) electrons. The highest BCUT2D eigenvalue weighted by atomic mass is 32.2. The average molecular weight is 273 g/mol. The molecule has 1 aromatic heterocycles. The third-order valence-electron chi connectivity index (χ3n) is 2.36. The van der Waals surface area contributed by atoms with E-state index in [2.05, 4.69) is 15.5 Å². The van der Waals surface area contributed by atoms with Crippen LogP contribution in [0.5, 0.6) is 0 Å². The van der Waals surface area contributed by atoms with Crippen molar-refractivity contribution in [1.82, 2.24) is 25.1 Å². The van der Waals surface area contributed by atoms with Gasteiger partial charge >= 0.3 is 5.97 Å². The summed E-state index contributed by atoms with van der Waals surface area (Å²) >= 11 is 0.983. The minimum absolute atomic E-state index is 0.123. The molecule has 8 nitrogen and oxygen atoms in total. The molecular weight excluding hydrogens is 258 g/mol. The van der Waals surface area contributed by atoms with Crippen molar-refractivity contribution in [3.05, 3.63) is 0 Å². The van der Waals surface area contributed by atoms with Crippen LogP contribution in [-0.2, 0) is 9.59 Å². The number of rotatable bonds is 6. The van der Waals surface area contributed by atoms with Crippen molar-refractivity contribution in [2.45, 2.75) is 25.0 Å². The van der Waals surface area contributed by atoms with E-state index < -0.39 is 12.0 Å². The molecule has 1 heterocycles. The lowest BCUT2D eigenvalue weighted by molar-refractivity contribution is -0.134. The Bertz CT molecular complexity index is 436. The van der Waals surface area contributed by atoms with Gasteiger partial charge in [0.25, 0.3) is 0 Å². The number of aromatic nitrogens is 4. The summed E-state index contributed by atoms with van der Waals surface area (Å²) in [6, 6.07) is -0.554. The van der Waals surface area contributed by atoms with Crippen molar-refractivity contribution < 1.29 is 14.7 Å². The number of amides is 1. The molecule has 0 spiro atoms. The molecule has 0 fully saturated rings.